The van der Waals surface area contributed by atoms with Gasteiger partial charge in [0.05, 0.1) is 31.0 Å². The van der Waals surface area contributed by atoms with E-state index in [-0.39, 0.29) is 30.8 Å². The van der Waals surface area contributed by atoms with Gasteiger partial charge in [-0.1, -0.05) is 6.92 Å². The molecule has 0 aromatic rings. The van der Waals surface area contributed by atoms with Crippen molar-refractivity contribution in [3.8, 4) is 0 Å². The number of quaternary nitrogens is 1. The van der Waals surface area contributed by atoms with E-state index in [1.54, 1.807) is 34.9 Å². The van der Waals surface area contributed by atoms with Crippen LogP contribution in [0.3, 0.4) is 0 Å². The maximum atomic E-state index is 12.6. The van der Waals surface area contributed by atoms with E-state index < -0.39 is 34.8 Å². The van der Waals surface area contributed by atoms with Crippen molar-refractivity contribution in [2.24, 2.45) is 10.8 Å². The highest BCUT2D eigenvalue weighted by Crippen LogP contribution is 2.38. The first-order valence-electron chi connectivity index (χ1n) is 8.71. The normalized spacial score (nSPS) is 15.7. The number of carboxylic acids is 1. The maximum Gasteiger partial charge on any atom is 0.359 e. The lowest BCUT2D eigenvalue weighted by atomic mass is 9.72. The smallest absolute Gasteiger partial charge is 0.359 e. The van der Waals surface area contributed by atoms with Crippen molar-refractivity contribution >= 4 is 17.9 Å². The molecule has 0 bridgehead atoms. The Kier molecular flexibility index (Phi) is 8.72. The lowest BCUT2D eigenvalue weighted by molar-refractivity contribution is -0.900. The van der Waals surface area contributed by atoms with Crippen LogP contribution in [0.25, 0.3) is 0 Å². The fourth-order valence-electron chi connectivity index (χ4n) is 2.60. The Morgan fingerprint density at radius 3 is 2.04 bits per heavy atom. The van der Waals surface area contributed by atoms with E-state index in [0.717, 1.165) is 0 Å². The molecular formula is C18H34NO7+. The lowest BCUT2D eigenvalue weighted by Gasteiger charge is -2.35. The van der Waals surface area contributed by atoms with Gasteiger partial charge >= 0.3 is 17.9 Å². The third kappa shape index (κ3) is 8.14. The van der Waals surface area contributed by atoms with Gasteiger partial charge in [0.2, 0.25) is 6.73 Å². The Hall–Kier alpha value is -1.67. The molecule has 0 radical (unpaired) electrons. The van der Waals surface area contributed by atoms with Crippen LogP contribution in [0.15, 0.2) is 0 Å². The number of hydrogen-bond acceptors (Lipinski definition) is 6. The number of carbonyl (C=O) groups is 3. The number of aliphatic hydroxyl groups excluding tert-OH is 1. The molecule has 2 atom stereocenters. The van der Waals surface area contributed by atoms with Crippen LogP contribution in [0.4, 0.5) is 0 Å². The van der Waals surface area contributed by atoms with Crippen molar-refractivity contribution in [1.29, 1.82) is 0 Å². The molecule has 0 aliphatic heterocycles. The van der Waals surface area contributed by atoms with Gasteiger partial charge in [0.25, 0.3) is 0 Å². The highest BCUT2D eigenvalue weighted by Gasteiger charge is 2.43. The zero-order chi connectivity index (χ0) is 20.8. The van der Waals surface area contributed by atoms with Crippen LogP contribution < -0.4 is 0 Å². The first kappa shape index (κ1) is 24.3. The van der Waals surface area contributed by atoms with Crippen LogP contribution in [0, 0.1) is 10.8 Å². The molecule has 0 heterocycles. The van der Waals surface area contributed by atoms with Gasteiger partial charge in [-0.2, -0.15) is 0 Å². The van der Waals surface area contributed by atoms with E-state index in [0.29, 0.717) is 6.42 Å². The summed E-state index contributed by atoms with van der Waals surface area (Å²) in [6.07, 6.45) is -0.0995. The van der Waals surface area contributed by atoms with Crippen molar-refractivity contribution in [2.75, 3.05) is 34.0 Å². The Morgan fingerprint density at radius 2 is 1.62 bits per heavy atom. The van der Waals surface area contributed by atoms with Crippen LogP contribution in [-0.2, 0) is 23.9 Å². The third-order valence-electron chi connectivity index (χ3n) is 4.22. The molecule has 0 aromatic carbocycles. The minimum absolute atomic E-state index is 0.000685. The first-order valence-corrected chi connectivity index (χ1v) is 8.71. The molecule has 8 heteroatoms. The van der Waals surface area contributed by atoms with Crippen molar-refractivity contribution in [1.82, 2.24) is 0 Å². The van der Waals surface area contributed by atoms with Crippen LogP contribution in [0.2, 0.25) is 0 Å². The molecule has 0 saturated heterocycles. The number of aliphatic hydroxyl groups is 1. The number of hydrogen-bond donors (Lipinski definition) is 2. The molecule has 0 amide bonds. The molecule has 8 nitrogen and oxygen atoms in total. The molecular weight excluding hydrogens is 342 g/mol. The molecule has 2 N–H and O–H groups in total. The van der Waals surface area contributed by atoms with Gasteiger partial charge in [-0.25, -0.2) is 4.79 Å². The van der Waals surface area contributed by atoms with E-state index in [1.165, 1.54) is 6.92 Å². The summed E-state index contributed by atoms with van der Waals surface area (Å²) in [5.74, 6) is -1.95. The average Bonchev–Trinajstić information content (AvgIpc) is 2.48. The summed E-state index contributed by atoms with van der Waals surface area (Å²) in [5, 5.41) is 18.1. The summed E-state index contributed by atoms with van der Waals surface area (Å²) < 4.78 is 10.5. The Morgan fingerprint density at radius 1 is 1.08 bits per heavy atom. The topological polar surface area (TPSA) is 110 Å². The standard InChI is InChI=1S/C18H33NO7/c1-8-18(5,11-17(3,4)15(23)25-10-13(2)20)16(24)26-12-19(6,7)9-14(21)22/h13,20H,8-12H2,1-7H3/p+1. The second-order valence-electron chi connectivity index (χ2n) is 8.47. The molecule has 0 aliphatic carbocycles. The maximum absolute atomic E-state index is 12.6. The number of ether oxygens (including phenoxy) is 2. The molecule has 0 rings (SSSR count). The summed E-state index contributed by atoms with van der Waals surface area (Å²) in [5.41, 5.74) is -1.86. The van der Waals surface area contributed by atoms with Crippen molar-refractivity contribution in [3.63, 3.8) is 0 Å². The fourth-order valence-corrected chi connectivity index (χ4v) is 2.60. The minimum atomic E-state index is -0.980. The Labute approximate surface area is 155 Å². The van der Waals surface area contributed by atoms with Crippen LogP contribution in [-0.4, -0.2) is 72.7 Å². The monoisotopic (exact) mass is 376 g/mol. The zero-order valence-electron chi connectivity index (χ0n) is 17.0. The number of nitrogens with zero attached hydrogens (tertiary/aromatic N) is 1. The second kappa shape index (κ2) is 9.32. The van der Waals surface area contributed by atoms with E-state index in [1.807, 2.05) is 6.92 Å². The summed E-state index contributed by atoms with van der Waals surface area (Å²) in [6, 6.07) is 0. The molecule has 0 saturated carbocycles. The predicted octanol–water partition coefficient (Wildman–Crippen LogP) is 1.40. The molecule has 0 fully saturated rings. The SMILES string of the molecule is CCC(C)(CC(C)(C)C(=O)OCC(C)O)C(=O)OC[N+](C)(C)CC(=O)O. The van der Waals surface area contributed by atoms with E-state index in [2.05, 4.69) is 0 Å². The Bertz CT molecular complexity index is 514. The largest absolute Gasteiger partial charge is 0.477 e. The van der Waals surface area contributed by atoms with Gasteiger partial charge in [0.15, 0.2) is 6.54 Å². The summed E-state index contributed by atoms with van der Waals surface area (Å²) in [7, 11) is 3.31. The van der Waals surface area contributed by atoms with Gasteiger partial charge in [-0.3, -0.25) is 14.1 Å². The molecule has 0 aliphatic rings. The minimum Gasteiger partial charge on any atom is -0.477 e. The summed E-state index contributed by atoms with van der Waals surface area (Å²) >= 11 is 0. The van der Waals surface area contributed by atoms with Gasteiger partial charge in [-0.05, 0) is 40.5 Å². The van der Waals surface area contributed by atoms with Gasteiger partial charge in [0, 0.05) is 0 Å². The summed E-state index contributed by atoms with van der Waals surface area (Å²) in [4.78, 5) is 35.8. The van der Waals surface area contributed by atoms with E-state index >= 15 is 0 Å². The predicted molar refractivity (Wildman–Crippen MR) is 95.0 cm³/mol. The molecule has 152 valence electrons. The third-order valence-corrected chi connectivity index (χ3v) is 4.22. The fraction of sp³-hybridized carbons (Fsp3) is 0.833. The Balaban J connectivity index is 5.00. The number of likely N-dealkylation sites (N-methyl/N-ethyl adjacent to an activating group) is 1. The zero-order valence-corrected chi connectivity index (χ0v) is 17.0. The molecule has 26 heavy (non-hydrogen) atoms. The first-order chi connectivity index (χ1) is 11.6. The van der Waals surface area contributed by atoms with E-state index in [4.69, 9.17) is 14.6 Å². The van der Waals surface area contributed by atoms with Crippen LogP contribution in [0.1, 0.15) is 47.5 Å². The van der Waals surface area contributed by atoms with Crippen LogP contribution >= 0.6 is 0 Å². The number of carbonyl (C=O) groups excluding carboxylic acids is 2. The van der Waals surface area contributed by atoms with Gasteiger partial charge in [-0.15, -0.1) is 0 Å². The van der Waals surface area contributed by atoms with Crippen molar-refractivity contribution < 1.29 is 38.6 Å². The molecule has 2 unspecified atom stereocenters. The lowest BCUT2D eigenvalue weighted by Crippen LogP contribution is -2.47. The van der Waals surface area contributed by atoms with Crippen molar-refractivity contribution in [2.45, 2.75) is 53.6 Å². The second-order valence-corrected chi connectivity index (χ2v) is 8.47. The quantitative estimate of drug-likeness (QED) is 0.319. The number of aliphatic carboxylic acids is 1. The number of esters is 2. The van der Waals surface area contributed by atoms with Gasteiger partial charge < -0.3 is 19.7 Å². The summed E-state index contributed by atoms with van der Waals surface area (Å²) in [6.45, 7) is 8.08. The highest BCUT2D eigenvalue weighted by atomic mass is 16.6. The van der Waals surface area contributed by atoms with Crippen molar-refractivity contribution in [3.05, 3.63) is 0 Å². The number of rotatable bonds is 11. The van der Waals surface area contributed by atoms with Gasteiger partial charge in [0.1, 0.15) is 6.61 Å². The average molecular weight is 376 g/mol. The van der Waals surface area contributed by atoms with Crippen LogP contribution in [0.5, 0.6) is 0 Å². The highest BCUT2D eigenvalue weighted by molar-refractivity contribution is 5.80. The molecule has 0 aromatic heterocycles. The molecule has 0 spiro atoms. The number of carboxylic acid groups (broad SMARTS) is 1. The van der Waals surface area contributed by atoms with E-state index in [9.17, 15) is 19.5 Å².